The molecule has 1 N–H and O–H groups in total. The summed E-state index contributed by atoms with van der Waals surface area (Å²) < 4.78 is 51.2. The zero-order chi connectivity index (χ0) is 18.8. The van der Waals surface area contributed by atoms with Crippen LogP contribution in [0.1, 0.15) is 0 Å². The van der Waals surface area contributed by atoms with E-state index >= 15 is 0 Å². The van der Waals surface area contributed by atoms with E-state index in [0.717, 1.165) is 22.7 Å². The lowest BCUT2D eigenvalue weighted by atomic mass is 10.3. The molecule has 0 aromatic heterocycles. The van der Waals surface area contributed by atoms with Crippen molar-refractivity contribution in [3.05, 3.63) is 58.1 Å². The van der Waals surface area contributed by atoms with Crippen molar-refractivity contribution in [3.8, 4) is 0 Å². The zero-order valence-corrected chi connectivity index (χ0v) is 15.1. The molecule has 1 amide bonds. The number of benzene rings is 2. The largest absolute Gasteiger partial charge is 0.322 e. The van der Waals surface area contributed by atoms with E-state index in [9.17, 15) is 22.0 Å². The Kier molecular flexibility index (Phi) is 5.87. The van der Waals surface area contributed by atoms with Gasteiger partial charge in [0.1, 0.15) is 18.2 Å². The molecule has 0 fully saturated rings. The molecule has 2 aromatic rings. The molecule has 5 nitrogen and oxygen atoms in total. The standard InChI is InChI=1S/C15H12Cl2F2N2O3S/c1-25(23,24)21(14-6-9(16)2-4-11(14)17)8-15(22)20-13-5-3-10(18)7-12(13)19/h2-7H,8H2,1H3,(H,20,22). The van der Waals surface area contributed by atoms with Gasteiger partial charge in [0.25, 0.3) is 0 Å². The quantitative estimate of drug-likeness (QED) is 0.820. The summed E-state index contributed by atoms with van der Waals surface area (Å²) in [5, 5.41) is 2.47. The maximum Gasteiger partial charge on any atom is 0.245 e. The molecule has 0 bridgehead atoms. The van der Waals surface area contributed by atoms with Gasteiger partial charge in [-0.1, -0.05) is 23.2 Å². The van der Waals surface area contributed by atoms with Crippen LogP contribution >= 0.6 is 23.2 Å². The van der Waals surface area contributed by atoms with Crippen LogP contribution in [0, 0.1) is 11.6 Å². The van der Waals surface area contributed by atoms with Gasteiger partial charge in [0, 0.05) is 11.1 Å². The Balaban J connectivity index is 2.28. The minimum absolute atomic E-state index is 0.00592. The van der Waals surface area contributed by atoms with Crippen molar-refractivity contribution in [1.29, 1.82) is 0 Å². The summed E-state index contributed by atoms with van der Waals surface area (Å²) >= 11 is 11.8. The van der Waals surface area contributed by atoms with Crippen LogP contribution in [-0.4, -0.2) is 27.1 Å². The van der Waals surface area contributed by atoms with Crippen LogP contribution in [-0.2, 0) is 14.8 Å². The molecule has 0 spiro atoms. The van der Waals surface area contributed by atoms with Crippen LogP contribution in [0.25, 0.3) is 0 Å². The SMILES string of the molecule is CS(=O)(=O)N(CC(=O)Nc1ccc(F)cc1F)c1cc(Cl)ccc1Cl. The molecule has 0 aliphatic heterocycles. The van der Waals surface area contributed by atoms with E-state index in [2.05, 4.69) is 5.32 Å². The fourth-order valence-corrected chi connectivity index (χ4v) is 3.27. The first-order valence-electron chi connectivity index (χ1n) is 6.75. The summed E-state index contributed by atoms with van der Waals surface area (Å²) in [6.45, 7) is -0.671. The number of nitrogens with zero attached hydrogens (tertiary/aromatic N) is 1. The Bertz CT molecular complexity index is 923. The first-order chi connectivity index (χ1) is 11.6. The predicted molar refractivity (Wildman–Crippen MR) is 93.6 cm³/mol. The molecule has 0 atom stereocenters. The van der Waals surface area contributed by atoms with Gasteiger partial charge in [-0.05, 0) is 30.3 Å². The minimum atomic E-state index is -3.89. The summed E-state index contributed by atoms with van der Waals surface area (Å²) in [4.78, 5) is 12.1. The van der Waals surface area contributed by atoms with E-state index in [1.54, 1.807) is 0 Å². The average Bonchev–Trinajstić information content (AvgIpc) is 2.49. The minimum Gasteiger partial charge on any atom is -0.322 e. The van der Waals surface area contributed by atoms with Gasteiger partial charge in [-0.25, -0.2) is 17.2 Å². The Morgan fingerprint density at radius 1 is 1.16 bits per heavy atom. The highest BCUT2D eigenvalue weighted by molar-refractivity contribution is 7.92. The maximum absolute atomic E-state index is 13.6. The number of rotatable bonds is 5. The molecule has 0 aliphatic carbocycles. The van der Waals surface area contributed by atoms with E-state index in [1.807, 2.05) is 0 Å². The lowest BCUT2D eigenvalue weighted by molar-refractivity contribution is -0.114. The fraction of sp³-hybridized carbons (Fsp3) is 0.133. The second-order valence-corrected chi connectivity index (χ2v) is 7.79. The monoisotopic (exact) mass is 408 g/mol. The van der Waals surface area contributed by atoms with Crippen molar-refractivity contribution in [3.63, 3.8) is 0 Å². The highest BCUT2D eigenvalue weighted by Crippen LogP contribution is 2.30. The number of hydrogen-bond donors (Lipinski definition) is 1. The van der Waals surface area contributed by atoms with Gasteiger partial charge in [0.15, 0.2) is 0 Å². The number of halogens is 4. The van der Waals surface area contributed by atoms with E-state index in [4.69, 9.17) is 23.2 Å². The first kappa shape index (κ1) is 19.4. The topological polar surface area (TPSA) is 66.5 Å². The Labute approximate surface area is 153 Å². The molecule has 0 heterocycles. The Morgan fingerprint density at radius 3 is 2.44 bits per heavy atom. The van der Waals surface area contributed by atoms with Crippen molar-refractivity contribution in [2.75, 3.05) is 22.4 Å². The average molecular weight is 409 g/mol. The smallest absolute Gasteiger partial charge is 0.245 e. The van der Waals surface area contributed by atoms with Gasteiger partial charge in [0.2, 0.25) is 15.9 Å². The molecule has 25 heavy (non-hydrogen) atoms. The van der Waals surface area contributed by atoms with E-state index in [0.29, 0.717) is 6.07 Å². The number of carbonyl (C=O) groups is 1. The maximum atomic E-state index is 13.6. The second-order valence-electron chi connectivity index (χ2n) is 5.04. The molecular formula is C15H12Cl2F2N2O3S. The molecule has 0 saturated heterocycles. The van der Waals surface area contributed by atoms with Crippen LogP contribution in [0.3, 0.4) is 0 Å². The highest BCUT2D eigenvalue weighted by Gasteiger charge is 2.24. The summed E-state index contributed by atoms with van der Waals surface area (Å²) in [5.74, 6) is -2.63. The third-order valence-corrected chi connectivity index (χ3v) is 4.75. The number of carbonyl (C=O) groups excluding carboxylic acids is 1. The van der Waals surface area contributed by atoms with Crippen molar-refractivity contribution in [2.24, 2.45) is 0 Å². The number of nitrogens with one attached hydrogen (secondary N) is 1. The number of anilines is 2. The Morgan fingerprint density at radius 2 is 1.84 bits per heavy atom. The second kappa shape index (κ2) is 7.55. The predicted octanol–water partition coefficient (Wildman–Crippen LogP) is 3.68. The number of sulfonamides is 1. The molecule has 2 rings (SSSR count). The van der Waals surface area contributed by atoms with Crippen molar-refractivity contribution < 1.29 is 22.0 Å². The van der Waals surface area contributed by atoms with E-state index in [-0.39, 0.29) is 21.4 Å². The highest BCUT2D eigenvalue weighted by atomic mass is 35.5. The van der Waals surface area contributed by atoms with Gasteiger partial charge in [-0.3, -0.25) is 9.10 Å². The van der Waals surface area contributed by atoms with Crippen molar-refractivity contribution in [1.82, 2.24) is 0 Å². The first-order valence-corrected chi connectivity index (χ1v) is 9.36. The van der Waals surface area contributed by atoms with Crippen LogP contribution in [0.2, 0.25) is 10.0 Å². The lowest BCUT2D eigenvalue weighted by Crippen LogP contribution is -2.37. The molecule has 10 heteroatoms. The molecular weight excluding hydrogens is 397 g/mol. The lowest BCUT2D eigenvalue weighted by Gasteiger charge is -2.23. The Hall–Kier alpha value is -1.90. The van der Waals surface area contributed by atoms with Gasteiger partial charge in [-0.15, -0.1) is 0 Å². The molecule has 0 radical (unpaired) electrons. The third kappa shape index (κ3) is 5.04. The van der Waals surface area contributed by atoms with Crippen molar-refractivity contribution in [2.45, 2.75) is 0 Å². The van der Waals surface area contributed by atoms with Crippen LogP contribution < -0.4 is 9.62 Å². The summed E-state index contributed by atoms with van der Waals surface area (Å²) in [6.07, 6.45) is 0.885. The fourth-order valence-electron chi connectivity index (χ4n) is 1.97. The molecule has 0 saturated carbocycles. The number of hydrogen-bond acceptors (Lipinski definition) is 3. The summed E-state index contributed by atoms with van der Waals surface area (Å²) in [5.41, 5.74) is -0.275. The molecule has 0 aliphatic rings. The summed E-state index contributed by atoms with van der Waals surface area (Å²) in [7, 11) is -3.89. The van der Waals surface area contributed by atoms with Crippen LogP contribution in [0.5, 0.6) is 0 Å². The van der Waals surface area contributed by atoms with Gasteiger partial charge in [-0.2, -0.15) is 0 Å². The molecule has 134 valence electrons. The van der Waals surface area contributed by atoms with Gasteiger partial charge < -0.3 is 5.32 Å². The van der Waals surface area contributed by atoms with E-state index in [1.165, 1.54) is 18.2 Å². The third-order valence-electron chi connectivity index (χ3n) is 3.07. The van der Waals surface area contributed by atoms with Gasteiger partial charge >= 0.3 is 0 Å². The van der Waals surface area contributed by atoms with Gasteiger partial charge in [0.05, 0.1) is 22.7 Å². The van der Waals surface area contributed by atoms with E-state index < -0.39 is 34.1 Å². The normalized spacial score (nSPS) is 11.2. The van der Waals surface area contributed by atoms with Crippen molar-refractivity contribution >= 4 is 50.5 Å². The number of amides is 1. The zero-order valence-electron chi connectivity index (χ0n) is 12.8. The summed E-state index contributed by atoms with van der Waals surface area (Å²) in [6, 6.07) is 6.71. The molecule has 2 aromatic carbocycles. The van der Waals surface area contributed by atoms with Crippen LogP contribution in [0.15, 0.2) is 36.4 Å². The van der Waals surface area contributed by atoms with Crippen LogP contribution in [0.4, 0.5) is 20.2 Å². The molecule has 0 unspecified atom stereocenters.